The number of halogens is 1. The lowest BCUT2D eigenvalue weighted by Crippen LogP contribution is -2.41. The van der Waals surface area contributed by atoms with Crippen molar-refractivity contribution < 1.29 is 9.84 Å². The van der Waals surface area contributed by atoms with Gasteiger partial charge in [0.15, 0.2) is 5.60 Å². The van der Waals surface area contributed by atoms with E-state index in [1.165, 1.54) is 16.3 Å². The number of fused-ring (bicyclic) bond motifs is 1. The predicted molar refractivity (Wildman–Crippen MR) is 122 cm³/mol. The van der Waals surface area contributed by atoms with Gasteiger partial charge in [0, 0.05) is 31.2 Å². The number of aromatic nitrogens is 2. The van der Waals surface area contributed by atoms with E-state index in [9.17, 15) is 5.11 Å². The zero-order chi connectivity index (χ0) is 22.2. The molecule has 160 valence electrons. The van der Waals surface area contributed by atoms with Crippen LogP contribution in [0.4, 0.5) is 0 Å². The molecule has 0 spiro atoms. The number of nitrogens with zero attached hydrogens (tertiary/aromatic N) is 3. The molecule has 30 heavy (non-hydrogen) atoms. The van der Waals surface area contributed by atoms with Crippen molar-refractivity contribution in [1.82, 2.24) is 20.3 Å². The quantitative estimate of drug-likeness (QED) is 0.393. The maximum absolute atomic E-state index is 12.2. The molecule has 3 aromatic rings. The summed E-state index contributed by atoms with van der Waals surface area (Å²) < 4.78 is 5.33. The normalized spacial score (nSPS) is 14.0. The highest BCUT2D eigenvalue weighted by atomic mass is 35.5. The molecular weight excluding hydrogens is 422 g/mol. The first kappa shape index (κ1) is 22.3. The Bertz CT molecular complexity index is 1130. The van der Waals surface area contributed by atoms with Gasteiger partial charge in [0.1, 0.15) is 0 Å². The molecule has 0 aliphatic carbocycles. The summed E-state index contributed by atoms with van der Waals surface area (Å²) in [5, 5.41) is 18.7. The molecule has 0 amide bonds. The number of thiazole rings is 1. The largest absolute Gasteiger partial charge is 0.481 e. The molecule has 0 fully saturated rings. The van der Waals surface area contributed by atoms with E-state index in [0.29, 0.717) is 37.9 Å². The molecule has 0 bridgehead atoms. The molecule has 2 heterocycles. The Morgan fingerprint density at radius 2 is 2.03 bits per heavy atom. The Morgan fingerprint density at radius 3 is 2.57 bits per heavy atom. The Kier molecular flexibility index (Phi) is 6.24. The van der Waals surface area contributed by atoms with Gasteiger partial charge < -0.3 is 20.2 Å². The summed E-state index contributed by atoms with van der Waals surface area (Å²) in [6.07, 6.45) is 1.68. The Labute approximate surface area is 185 Å². The summed E-state index contributed by atoms with van der Waals surface area (Å²) in [4.78, 5) is 9.73. The molecule has 0 saturated carbocycles. The number of rotatable bonds is 6. The van der Waals surface area contributed by atoms with Crippen molar-refractivity contribution in [3.63, 3.8) is 0 Å². The van der Waals surface area contributed by atoms with Gasteiger partial charge in [-0.2, -0.15) is 0 Å². The van der Waals surface area contributed by atoms with Gasteiger partial charge in [-0.05, 0) is 38.5 Å². The van der Waals surface area contributed by atoms with Crippen LogP contribution < -0.4 is 15.9 Å². The molecule has 1 aromatic carbocycles. The van der Waals surface area contributed by atoms with Gasteiger partial charge in [0.2, 0.25) is 5.88 Å². The van der Waals surface area contributed by atoms with Crippen molar-refractivity contribution in [3.8, 4) is 5.88 Å². The summed E-state index contributed by atoms with van der Waals surface area (Å²) in [6.45, 7) is 5.64. The van der Waals surface area contributed by atoms with E-state index in [4.69, 9.17) is 22.2 Å². The third-order valence-corrected chi connectivity index (χ3v) is 6.65. The number of nitrogens with two attached hydrogens (primary N) is 1. The fourth-order valence-electron chi connectivity index (χ4n) is 3.58. The summed E-state index contributed by atoms with van der Waals surface area (Å²) in [7, 11) is 5.00. The molecule has 4 N–H and O–H groups in total. The number of methoxy groups -OCH3 is 1. The summed E-state index contributed by atoms with van der Waals surface area (Å²) in [6, 6.07) is 5.49. The minimum Gasteiger partial charge on any atom is -0.481 e. The monoisotopic (exact) mass is 447 g/mol. The number of likely N-dealkylation sites (N-methyl/N-ethyl adjacent to an activating group) is 1. The second-order valence-electron chi connectivity index (χ2n) is 7.08. The van der Waals surface area contributed by atoms with Gasteiger partial charge in [0.25, 0.3) is 0 Å². The van der Waals surface area contributed by atoms with Crippen LogP contribution in [0.5, 0.6) is 5.88 Å². The first-order chi connectivity index (χ1) is 14.1. The van der Waals surface area contributed by atoms with Gasteiger partial charge in [-0.15, -0.1) is 11.3 Å². The number of aryl methyl sites for hydroxylation is 2. The lowest BCUT2D eigenvalue weighted by molar-refractivity contribution is 0.0903. The summed E-state index contributed by atoms with van der Waals surface area (Å²) in [5.41, 5.74) is 1.66. The highest BCUT2D eigenvalue weighted by Gasteiger charge is 2.41. The highest BCUT2D eigenvalue weighted by molar-refractivity contribution is 7.11. The molecule has 7 nitrogen and oxygen atoms in total. The van der Waals surface area contributed by atoms with Crippen molar-refractivity contribution in [2.24, 2.45) is 5.84 Å². The standard InChI is InChI=1S/C21H26ClN5O2S/c1-11-18(22)15-9-14(7-8-16(15)26-20(11)29-6)21(28,17(10-24-4)27(5)23)19-12(2)25-13(3)30-19/h7-10,24,28H,23H2,1-6H3/b17-10-. The molecule has 0 aliphatic rings. The van der Waals surface area contributed by atoms with E-state index < -0.39 is 5.60 Å². The maximum Gasteiger partial charge on any atom is 0.218 e. The molecule has 1 atom stereocenters. The molecule has 1 unspecified atom stereocenters. The fraction of sp³-hybridized carbons (Fsp3) is 0.333. The van der Waals surface area contributed by atoms with Gasteiger partial charge in [-0.1, -0.05) is 17.7 Å². The van der Waals surface area contributed by atoms with Crippen LogP contribution in [0, 0.1) is 20.8 Å². The van der Waals surface area contributed by atoms with Crippen molar-refractivity contribution in [2.45, 2.75) is 26.4 Å². The number of nitrogens with one attached hydrogen (secondary N) is 1. The molecule has 0 saturated heterocycles. The minimum atomic E-state index is -1.55. The van der Waals surface area contributed by atoms with Crippen molar-refractivity contribution in [3.05, 3.63) is 61.8 Å². The number of ether oxygens (including phenoxy) is 1. The molecule has 0 radical (unpaired) electrons. The van der Waals surface area contributed by atoms with Crippen LogP contribution in [0.2, 0.25) is 5.02 Å². The number of benzene rings is 1. The van der Waals surface area contributed by atoms with Crippen LogP contribution >= 0.6 is 22.9 Å². The molecule has 9 heteroatoms. The Morgan fingerprint density at radius 1 is 1.33 bits per heavy atom. The van der Waals surface area contributed by atoms with E-state index in [0.717, 1.165) is 16.3 Å². The van der Waals surface area contributed by atoms with Crippen LogP contribution in [-0.2, 0) is 5.60 Å². The van der Waals surface area contributed by atoms with E-state index in [1.54, 1.807) is 27.4 Å². The van der Waals surface area contributed by atoms with E-state index in [-0.39, 0.29) is 0 Å². The van der Waals surface area contributed by atoms with Crippen LogP contribution in [0.25, 0.3) is 10.9 Å². The van der Waals surface area contributed by atoms with Crippen molar-refractivity contribution >= 4 is 33.8 Å². The minimum absolute atomic E-state index is 0.463. The second-order valence-corrected chi connectivity index (χ2v) is 8.66. The van der Waals surface area contributed by atoms with Crippen molar-refractivity contribution in [2.75, 3.05) is 21.2 Å². The predicted octanol–water partition coefficient (Wildman–Crippen LogP) is 3.38. The van der Waals surface area contributed by atoms with Crippen LogP contribution in [-0.4, -0.2) is 41.3 Å². The average Bonchev–Trinajstić information content (AvgIpc) is 3.06. The Balaban J connectivity index is 2.37. The molecule has 2 aromatic heterocycles. The number of pyridine rings is 1. The third-order valence-electron chi connectivity index (χ3n) is 4.98. The lowest BCUT2D eigenvalue weighted by atomic mass is 9.86. The smallest absolute Gasteiger partial charge is 0.218 e. The van der Waals surface area contributed by atoms with Gasteiger partial charge >= 0.3 is 0 Å². The first-order valence-corrected chi connectivity index (χ1v) is 10.5. The highest BCUT2D eigenvalue weighted by Crippen LogP contribution is 2.43. The average molecular weight is 448 g/mol. The fourth-order valence-corrected chi connectivity index (χ4v) is 4.86. The van der Waals surface area contributed by atoms with E-state index in [1.807, 2.05) is 39.0 Å². The summed E-state index contributed by atoms with van der Waals surface area (Å²) >= 11 is 8.07. The van der Waals surface area contributed by atoms with Gasteiger partial charge in [-0.3, -0.25) is 0 Å². The zero-order valence-corrected chi connectivity index (χ0v) is 19.4. The summed E-state index contributed by atoms with van der Waals surface area (Å²) in [5.74, 6) is 6.61. The van der Waals surface area contributed by atoms with Crippen LogP contribution in [0.1, 0.15) is 26.7 Å². The maximum atomic E-state index is 12.2. The Hall–Kier alpha value is -2.39. The molecule has 0 aliphatic heterocycles. The number of hydrogen-bond acceptors (Lipinski definition) is 8. The van der Waals surface area contributed by atoms with Crippen LogP contribution in [0.3, 0.4) is 0 Å². The third kappa shape index (κ3) is 3.60. The second kappa shape index (κ2) is 8.39. The van der Waals surface area contributed by atoms with Gasteiger partial charge in [0.05, 0.1) is 38.9 Å². The van der Waals surface area contributed by atoms with E-state index in [2.05, 4.69) is 15.3 Å². The SMILES string of the molecule is CN/C=C(\N(C)N)C(O)(c1ccc2nc(OC)c(C)c(Cl)c2c1)c1sc(C)nc1C. The number of aliphatic hydroxyl groups is 1. The molecule has 3 rings (SSSR count). The topological polar surface area (TPSA) is 96.5 Å². The van der Waals surface area contributed by atoms with Crippen molar-refractivity contribution in [1.29, 1.82) is 0 Å². The lowest BCUT2D eigenvalue weighted by Gasteiger charge is -2.34. The zero-order valence-electron chi connectivity index (χ0n) is 17.9. The van der Waals surface area contributed by atoms with E-state index >= 15 is 0 Å². The first-order valence-electron chi connectivity index (χ1n) is 9.32. The van der Waals surface area contributed by atoms with Gasteiger partial charge in [-0.25, -0.2) is 15.8 Å². The molecular formula is C21H26ClN5O2S. The van der Waals surface area contributed by atoms with Crippen LogP contribution in [0.15, 0.2) is 30.1 Å². The number of hydrogen-bond donors (Lipinski definition) is 3. The number of hydrazine groups is 1.